The number of hydrogen-bond donors (Lipinski definition) is 1. The number of morpholine rings is 1. The fraction of sp³-hybridized carbons (Fsp3) is 0.733. The Morgan fingerprint density at radius 3 is 2.76 bits per heavy atom. The topological polar surface area (TPSA) is 76.1 Å². The van der Waals surface area contributed by atoms with E-state index in [0.29, 0.717) is 26.3 Å². The molecule has 1 saturated heterocycles. The minimum absolute atomic E-state index is 0.0512. The molecule has 0 radical (unpaired) electrons. The normalized spacial score (nSPS) is 38.6. The summed E-state index contributed by atoms with van der Waals surface area (Å²) in [5.74, 6) is -2.60. The average molecular weight is 295 g/mol. The van der Waals surface area contributed by atoms with Crippen LogP contribution in [0, 0.1) is 23.2 Å². The lowest BCUT2D eigenvalue weighted by atomic mass is 9.72. The number of carbonyl (C=O) groups is 2. The summed E-state index contributed by atoms with van der Waals surface area (Å²) in [4.78, 5) is 29.6. The van der Waals surface area contributed by atoms with E-state index in [1.807, 2.05) is 19.1 Å². The fourth-order valence-corrected chi connectivity index (χ4v) is 3.98. The van der Waals surface area contributed by atoms with Crippen molar-refractivity contribution in [2.45, 2.75) is 19.8 Å². The van der Waals surface area contributed by atoms with Gasteiger partial charge in [0.2, 0.25) is 0 Å². The summed E-state index contributed by atoms with van der Waals surface area (Å²) in [7, 11) is 0. The fourth-order valence-electron chi connectivity index (χ4n) is 3.98. The summed E-state index contributed by atoms with van der Waals surface area (Å²) in [5.41, 5.74) is -0.350. The Bertz CT molecular complexity index is 471. The minimum atomic E-state index is -0.899. The first-order valence-corrected chi connectivity index (χ1v) is 7.54. The number of aliphatic carboxylic acids is 1. The maximum absolute atomic E-state index is 12.6. The quantitative estimate of drug-likeness (QED) is 0.782. The van der Waals surface area contributed by atoms with E-state index in [1.54, 1.807) is 5.06 Å². The number of rotatable bonds is 4. The monoisotopic (exact) mass is 295 g/mol. The molecule has 6 nitrogen and oxygen atoms in total. The molecule has 4 atom stereocenters. The molecule has 1 saturated carbocycles. The van der Waals surface area contributed by atoms with Crippen LogP contribution in [-0.2, 0) is 19.2 Å². The standard InChI is InChI=1S/C15H21NO5/c1-2-15-4-3-10(9-15)11(13(17)18)12(15)14(19)21-16-5-7-20-8-6-16/h3-4,10-12H,2,5-9H2,1H3,(H,17,18). The van der Waals surface area contributed by atoms with Crippen LogP contribution in [0.1, 0.15) is 19.8 Å². The highest BCUT2D eigenvalue weighted by Gasteiger charge is 2.60. The van der Waals surface area contributed by atoms with Crippen LogP contribution in [0.3, 0.4) is 0 Å². The number of nitrogens with zero attached hydrogens (tertiary/aromatic N) is 1. The highest BCUT2D eigenvalue weighted by atomic mass is 16.7. The third kappa shape index (κ3) is 2.36. The van der Waals surface area contributed by atoms with Crippen molar-refractivity contribution in [3.05, 3.63) is 12.2 Å². The molecule has 0 aromatic heterocycles. The lowest BCUT2D eigenvalue weighted by Crippen LogP contribution is -2.44. The van der Waals surface area contributed by atoms with Crippen molar-refractivity contribution in [2.24, 2.45) is 23.2 Å². The zero-order valence-corrected chi connectivity index (χ0v) is 12.2. The Hall–Kier alpha value is -1.40. The van der Waals surface area contributed by atoms with Gasteiger partial charge in [-0.05, 0) is 18.8 Å². The first-order chi connectivity index (χ1) is 10.1. The Morgan fingerprint density at radius 2 is 2.14 bits per heavy atom. The van der Waals surface area contributed by atoms with Gasteiger partial charge in [-0.3, -0.25) is 4.79 Å². The van der Waals surface area contributed by atoms with Crippen LogP contribution in [0.15, 0.2) is 12.2 Å². The van der Waals surface area contributed by atoms with Gasteiger partial charge in [0.25, 0.3) is 0 Å². The number of carbonyl (C=O) groups excluding carboxylic acids is 1. The van der Waals surface area contributed by atoms with Crippen molar-refractivity contribution in [1.29, 1.82) is 0 Å². The first-order valence-electron chi connectivity index (χ1n) is 7.54. The lowest BCUT2D eigenvalue weighted by Gasteiger charge is -2.34. The molecule has 1 N–H and O–H groups in total. The molecular formula is C15H21NO5. The van der Waals surface area contributed by atoms with Gasteiger partial charge >= 0.3 is 11.9 Å². The molecule has 116 valence electrons. The van der Waals surface area contributed by atoms with Gasteiger partial charge < -0.3 is 14.7 Å². The van der Waals surface area contributed by atoms with Crippen molar-refractivity contribution >= 4 is 11.9 Å². The highest BCUT2D eigenvalue weighted by Crippen LogP contribution is 2.58. The first kappa shape index (κ1) is 14.5. The Morgan fingerprint density at radius 1 is 1.43 bits per heavy atom. The number of hydroxylamine groups is 2. The number of fused-ring (bicyclic) bond motifs is 2. The van der Waals surface area contributed by atoms with Gasteiger partial charge in [-0.1, -0.05) is 19.1 Å². The van der Waals surface area contributed by atoms with Crippen LogP contribution in [0.4, 0.5) is 0 Å². The molecule has 3 rings (SSSR count). The van der Waals surface area contributed by atoms with Crippen LogP contribution in [0.25, 0.3) is 0 Å². The molecule has 0 spiro atoms. The zero-order valence-electron chi connectivity index (χ0n) is 12.2. The smallest absolute Gasteiger partial charge is 0.329 e. The van der Waals surface area contributed by atoms with E-state index >= 15 is 0 Å². The molecule has 1 aliphatic heterocycles. The van der Waals surface area contributed by atoms with Crippen molar-refractivity contribution in [2.75, 3.05) is 26.3 Å². The molecule has 1 heterocycles. The molecule has 2 fully saturated rings. The van der Waals surface area contributed by atoms with Gasteiger partial charge in [0.15, 0.2) is 0 Å². The number of ether oxygens (including phenoxy) is 1. The van der Waals surface area contributed by atoms with Crippen molar-refractivity contribution in [3.8, 4) is 0 Å². The maximum atomic E-state index is 12.6. The van der Waals surface area contributed by atoms with Gasteiger partial charge in [0.05, 0.1) is 38.1 Å². The summed E-state index contributed by atoms with van der Waals surface area (Å²) < 4.78 is 5.22. The van der Waals surface area contributed by atoms with Crippen molar-refractivity contribution in [1.82, 2.24) is 5.06 Å². The molecule has 0 aromatic rings. The number of allylic oxidation sites excluding steroid dienone is 2. The molecule has 21 heavy (non-hydrogen) atoms. The molecule has 6 heteroatoms. The third-order valence-corrected chi connectivity index (χ3v) is 5.12. The Labute approximate surface area is 123 Å². The summed E-state index contributed by atoms with van der Waals surface area (Å²) >= 11 is 0. The maximum Gasteiger partial charge on any atom is 0.329 e. The second-order valence-corrected chi connectivity index (χ2v) is 6.11. The summed E-state index contributed by atoms with van der Waals surface area (Å²) in [6.07, 6.45) is 5.49. The number of hydrogen-bond acceptors (Lipinski definition) is 5. The average Bonchev–Trinajstić information content (AvgIpc) is 3.04. The van der Waals surface area contributed by atoms with Gasteiger partial charge in [0.1, 0.15) is 0 Å². The predicted octanol–water partition coefficient (Wildman–Crippen LogP) is 1.08. The second kappa shape index (κ2) is 5.42. The van der Waals surface area contributed by atoms with Gasteiger partial charge in [-0.25, -0.2) is 4.79 Å². The molecule has 4 unspecified atom stereocenters. The molecule has 3 aliphatic rings. The van der Waals surface area contributed by atoms with E-state index in [1.165, 1.54) is 0 Å². The van der Waals surface area contributed by atoms with Crippen molar-refractivity contribution < 1.29 is 24.3 Å². The van der Waals surface area contributed by atoms with E-state index in [4.69, 9.17) is 9.57 Å². The van der Waals surface area contributed by atoms with Gasteiger partial charge in [-0.2, -0.15) is 0 Å². The Balaban J connectivity index is 1.78. The zero-order chi connectivity index (χ0) is 15.0. The van der Waals surface area contributed by atoms with Crippen LogP contribution in [0.5, 0.6) is 0 Å². The Kier molecular flexibility index (Phi) is 3.75. The van der Waals surface area contributed by atoms with Crippen LogP contribution in [-0.4, -0.2) is 48.4 Å². The molecule has 0 aromatic carbocycles. The lowest BCUT2D eigenvalue weighted by molar-refractivity contribution is -0.214. The summed E-state index contributed by atoms with van der Waals surface area (Å²) in [6.45, 7) is 4.14. The van der Waals surface area contributed by atoms with E-state index in [9.17, 15) is 14.7 Å². The second-order valence-electron chi connectivity index (χ2n) is 6.11. The third-order valence-electron chi connectivity index (χ3n) is 5.12. The molecule has 2 aliphatic carbocycles. The van der Waals surface area contributed by atoms with Gasteiger partial charge in [0, 0.05) is 5.41 Å². The van der Waals surface area contributed by atoms with Crippen molar-refractivity contribution in [3.63, 3.8) is 0 Å². The minimum Gasteiger partial charge on any atom is -0.481 e. The van der Waals surface area contributed by atoms with E-state index in [0.717, 1.165) is 12.8 Å². The highest BCUT2D eigenvalue weighted by molar-refractivity contribution is 5.84. The number of carboxylic acid groups (broad SMARTS) is 1. The predicted molar refractivity (Wildman–Crippen MR) is 73.1 cm³/mol. The molecule has 2 bridgehead atoms. The molecular weight excluding hydrogens is 274 g/mol. The summed E-state index contributed by atoms with van der Waals surface area (Å²) in [5, 5.41) is 11.1. The SMILES string of the molecule is CCC12C=CC(C1)C(C(=O)O)C2C(=O)ON1CCOCC1. The van der Waals surface area contributed by atoms with Crippen LogP contribution < -0.4 is 0 Å². The van der Waals surface area contributed by atoms with E-state index in [-0.39, 0.29) is 11.3 Å². The van der Waals surface area contributed by atoms with Crippen LogP contribution >= 0.6 is 0 Å². The summed E-state index contributed by atoms with van der Waals surface area (Å²) in [6, 6.07) is 0. The van der Waals surface area contributed by atoms with E-state index in [2.05, 4.69) is 0 Å². The molecule has 0 amide bonds. The van der Waals surface area contributed by atoms with E-state index < -0.39 is 23.8 Å². The largest absolute Gasteiger partial charge is 0.481 e. The van der Waals surface area contributed by atoms with Gasteiger partial charge in [-0.15, -0.1) is 5.06 Å². The van der Waals surface area contributed by atoms with Crippen LogP contribution in [0.2, 0.25) is 0 Å². The number of carboxylic acids is 1.